The Balaban J connectivity index is 0.000000151. The topological polar surface area (TPSA) is 187 Å². The molecule has 0 radical (unpaired) electrons. The molecule has 21 nitrogen and oxygen atoms in total. The van der Waals surface area contributed by atoms with Gasteiger partial charge in [0.05, 0.1) is 44.4 Å². The van der Waals surface area contributed by atoms with Gasteiger partial charge in [0, 0.05) is 128 Å². The number of methoxy groups -OCH3 is 1. The monoisotopic (exact) mass is 1360 g/mol. The first-order valence-electron chi connectivity index (χ1n) is 36.6. The summed E-state index contributed by atoms with van der Waals surface area (Å²) in [5.41, 5.74) is 6.62. The summed E-state index contributed by atoms with van der Waals surface area (Å²) in [4.78, 5) is 92.6. The van der Waals surface area contributed by atoms with Crippen molar-refractivity contribution < 1.29 is 67.4 Å². The zero-order valence-corrected chi connectivity index (χ0v) is 58.8. The van der Waals surface area contributed by atoms with Crippen molar-refractivity contribution in [2.75, 3.05) is 160 Å². The second-order valence-corrected chi connectivity index (χ2v) is 29.7. The second-order valence-electron chi connectivity index (χ2n) is 29.7. The number of halogens is 2. The van der Waals surface area contributed by atoms with Crippen molar-refractivity contribution in [3.8, 4) is 0 Å². The van der Waals surface area contributed by atoms with E-state index >= 15 is 0 Å². The molecule has 3 aromatic carbocycles. The van der Waals surface area contributed by atoms with Crippen molar-refractivity contribution in [1.29, 1.82) is 0 Å². The number of hydrogen-bond acceptors (Lipinski definition) is 15. The van der Waals surface area contributed by atoms with Crippen molar-refractivity contribution in [2.24, 2.45) is 11.8 Å². The molecule has 0 aromatic heterocycles. The first-order valence-corrected chi connectivity index (χ1v) is 36.6. The Labute approximate surface area is 579 Å². The van der Waals surface area contributed by atoms with Crippen LogP contribution in [0.15, 0.2) is 54.6 Å². The lowest BCUT2D eigenvalue weighted by atomic mass is 9.73. The third-order valence-corrected chi connectivity index (χ3v) is 23.8. The van der Waals surface area contributed by atoms with Crippen LogP contribution in [0, 0.1) is 30.4 Å². The molecule has 11 heterocycles. The minimum absolute atomic E-state index is 0. The summed E-state index contributed by atoms with van der Waals surface area (Å²) < 4.78 is 60.6. The smallest absolute Gasteiger partial charge is 0.414 e. The van der Waals surface area contributed by atoms with Gasteiger partial charge in [0.2, 0.25) is 11.8 Å². The van der Waals surface area contributed by atoms with Gasteiger partial charge in [-0.1, -0.05) is 29.8 Å². The van der Waals surface area contributed by atoms with E-state index in [1.54, 1.807) is 42.0 Å². The fourth-order valence-corrected chi connectivity index (χ4v) is 18.3. The molecule has 2 unspecified atom stereocenters. The molecule has 23 heteroatoms. The summed E-state index contributed by atoms with van der Waals surface area (Å²) >= 11 is 0. The number of ether oxygens (including phenoxy) is 6. The van der Waals surface area contributed by atoms with Crippen molar-refractivity contribution in [3.05, 3.63) is 88.5 Å². The lowest BCUT2D eigenvalue weighted by molar-refractivity contribution is -0.117. The molecule has 8 saturated heterocycles. The van der Waals surface area contributed by atoms with Crippen molar-refractivity contribution >= 4 is 53.2 Å². The number of carbonyl (C=O) groups is 6. The molecule has 98 heavy (non-hydrogen) atoms. The number of amides is 6. The standard InChI is InChI=1S/C28H38FN3O6.C24H35N3O3.C23H32FN3O3.H2/c1-35-12-13-37-26(33)31-18-28(24-14-19(29)2-5-25(24)31)7-9-30(10-8-28)22-15-20-3-4-21(16-22)32(20)27(34)38-23-6-11-36-17-23;1-4-30-23(29)26-11-7-20(8-12-26)16-25-13-9-24(10-14-25)17-27(19(3)28)22-6-5-18(2)15-21(22)24;1-3-30-22(29)26-11-7-18(8-12-26)15-25-13-9-23(10-14-25)16-27(17(2)28)21-19(23)5-4-6-20(21)24;/h2,5,14,20-23H,3-4,6-13,15-18H2,1H3;5-6,15,20H,4,7-14,16-17H2,1-3H3;4-6,18H,3,7-16H2,1-2H3;1H/t20?,21?,22?,23-;;;/m1.../s1. The maximum atomic E-state index is 14.5. The number of piperidine rings is 6. The van der Waals surface area contributed by atoms with Crippen LogP contribution in [0.3, 0.4) is 0 Å². The molecule has 14 rings (SSSR count). The molecule has 0 aliphatic carbocycles. The van der Waals surface area contributed by atoms with E-state index in [0.29, 0.717) is 69.7 Å². The van der Waals surface area contributed by atoms with E-state index < -0.39 is 6.09 Å². The number of carbonyl (C=O) groups excluding carboxylic acids is 6. The van der Waals surface area contributed by atoms with Gasteiger partial charge in [-0.05, 0) is 209 Å². The summed E-state index contributed by atoms with van der Waals surface area (Å²) in [6.45, 7) is 24.6. The number of aryl methyl sites for hydroxylation is 1. The predicted molar refractivity (Wildman–Crippen MR) is 370 cm³/mol. The van der Waals surface area contributed by atoms with Gasteiger partial charge in [0.25, 0.3) is 0 Å². The Morgan fingerprint density at radius 1 is 0.551 bits per heavy atom. The average Bonchev–Trinajstić information content (AvgIpc) is 1.61. The van der Waals surface area contributed by atoms with E-state index in [4.69, 9.17) is 28.4 Å². The largest absolute Gasteiger partial charge is 0.450 e. The summed E-state index contributed by atoms with van der Waals surface area (Å²) in [7, 11) is 1.57. The molecule has 0 saturated carbocycles. The number of benzene rings is 3. The highest BCUT2D eigenvalue weighted by atomic mass is 19.1. The van der Waals surface area contributed by atoms with Crippen molar-refractivity contribution in [1.82, 2.24) is 29.4 Å². The maximum Gasteiger partial charge on any atom is 0.414 e. The number of likely N-dealkylation sites (tertiary alicyclic amines) is 5. The molecule has 3 spiro atoms. The first-order chi connectivity index (χ1) is 47.3. The highest BCUT2D eigenvalue weighted by Crippen LogP contribution is 2.52. The summed E-state index contributed by atoms with van der Waals surface area (Å²) in [5, 5.41) is 0. The van der Waals surface area contributed by atoms with Gasteiger partial charge in [-0.15, -0.1) is 0 Å². The van der Waals surface area contributed by atoms with Crippen LogP contribution in [0.25, 0.3) is 0 Å². The summed E-state index contributed by atoms with van der Waals surface area (Å²) in [5.74, 6) is 0.723. The van der Waals surface area contributed by atoms with E-state index in [0.717, 1.165) is 204 Å². The van der Waals surface area contributed by atoms with Crippen LogP contribution in [0.2, 0.25) is 0 Å². The summed E-state index contributed by atoms with van der Waals surface area (Å²) in [6, 6.07) is 17.4. The Morgan fingerprint density at radius 3 is 1.61 bits per heavy atom. The van der Waals surface area contributed by atoms with Crippen molar-refractivity contribution in [2.45, 2.75) is 171 Å². The van der Waals surface area contributed by atoms with E-state index in [2.05, 4.69) is 39.8 Å². The molecule has 11 aliphatic heterocycles. The number of fused-ring (bicyclic) bond motifs is 8. The number of para-hydroxylation sites is 1. The van der Waals surface area contributed by atoms with Gasteiger partial charge in [0.1, 0.15) is 24.3 Å². The predicted octanol–water partition coefficient (Wildman–Crippen LogP) is 10.9. The molecule has 6 amide bonds. The maximum absolute atomic E-state index is 14.5. The minimum Gasteiger partial charge on any atom is -0.450 e. The third kappa shape index (κ3) is 15.3. The molecule has 8 fully saturated rings. The van der Waals surface area contributed by atoms with Crippen LogP contribution in [-0.4, -0.2) is 235 Å². The quantitative estimate of drug-likeness (QED) is 0.130. The molecule has 11 aliphatic rings. The lowest BCUT2D eigenvalue weighted by Gasteiger charge is -2.47. The first kappa shape index (κ1) is 71.2. The normalized spacial score (nSPS) is 24.9. The van der Waals surface area contributed by atoms with Crippen LogP contribution >= 0.6 is 0 Å². The minimum atomic E-state index is -0.408. The zero-order valence-electron chi connectivity index (χ0n) is 58.8. The molecular weight excluding hydrogens is 1260 g/mol. The van der Waals surface area contributed by atoms with E-state index in [9.17, 15) is 37.5 Å². The highest BCUT2D eigenvalue weighted by molar-refractivity contribution is 5.96. The number of anilines is 3. The second kappa shape index (κ2) is 31.1. The van der Waals surface area contributed by atoms with Crippen LogP contribution in [0.5, 0.6) is 0 Å². The van der Waals surface area contributed by atoms with Gasteiger partial charge < -0.3 is 67.6 Å². The Morgan fingerprint density at radius 2 is 1.07 bits per heavy atom. The van der Waals surface area contributed by atoms with E-state index in [1.165, 1.54) is 30.2 Å². The van der Waals surface area contributed by atoms with Crippen LogP contribution in [0.1, 0.15) is 148 Å². The van der Waals surface area contributed by atoms with Crippen molar-refractivity contribution in [3.63, 3.8) is 0 Å². The molecule has 538 valence electrons. The fourth-order valence-electron chi connectivity index (χ4n) is 18.3. The van der Waals surface area contributed by atoms with E-state index in [1.807, 2.05) is 39.5 Å². The average molecular weight is 1360 g/mol. The molecule has 0 N–H and O–H groups in total. The SMILES string of the molecule is CCOC(=O)N1CCC(CN2CCC3(CC2)CN(C(C)=O)c2c(F)cccc23)CC1.CCOC(=O)N1CCC(CN2CCC3(CC2)CN(C(C)=O)c2ccc(C)cc23)CC1.COCCOC(=O)N1CC2(CCN(C3CC4CCC(C3)N4C(=O)O[C@@H]3CCOC3)CC2)c2cc(F)ccc21.[HH]. The van der Waals surface area contributed by atoms with Crippen LogP contribution in [-0.2, 0) is 54.3 Å². The van der Waals surface area contributed by atoms with Gasteiger partial charge in [-0.3, -0.25) is 14.5 Å². The lowest BCUT2D eigenvalue weighted by Crippen LogP contribution is -2.56. The number of nitrogens with zero attached hydrogens (tertiary/aromatic N) is 9. The Kier molecular flexibility index (Phi) is 22.6. The molecule has 2 bridgehead atoms. The Hall–Kier alpha value is -6.66. The van der Waals surface area contributed by atoms with Gasteiger partial charge >= 0.3 is 24.4 Å². The molecule has 3 atom stereocenters. The van der Waals surface area contributed by atoms with Crippen LogP contribution in [0.4, 0.5) is 45.0 Å². The zero-order chi connectivity index (χ0) is 68.9. The number of hydrogen-bond donors (Lipinski definition) is 0. The van der Waals surface area contributed by atoms with Crippen LogP contribution < -0.4 is 14.7 Å². The third-order valence-electron chi connectivity index (χ3n) is 23.8. The molecule has 3 aromatic rings. The van der Waals surface area contributed by atoms with Gasteiger partial charge in [-0.2, -0.15) is 0 Å². The van der Waals surface area contributed by atoms with Gasteiger partial charge in [0.15, 0.2) is 0 Å². The summed E-state index contributed by atoms with van der Waals surface area (Å²) in [6.07, 6.45) is 13.6. The highest BCUT2D eigenvalue weighted by Gasteiger charge is 2.52. The number of rotatable bonds is 11. The fraction of sp³-hybridized carbons (Fsp3) is 0.680. The van der Waals surface area contributed by atoms with E-state index in [-0.39, 0.29) is 84.2 Å². The Bertz CT molecular complexity index is 3250. The molecular formula is C75H107F2N9O12. The van der Waals surface area contributed by atoms with Gasteiger partial charge in [-0.25, -0.2) is 28.0 Å².